The van der Waals surface area contributed by atoms with Gasteiger partial charge in [-0.25, -0.2) is 9.50 Å². The van der Waals surface area contributed by atoms with E-state index in [4.69, 9.17) is 11.6 Å². The lowest BCUT2D eigenvalue weighted by molar-refractivity contribution is 0.929. The van der Waals surface area contributed by atoms with E-state index in [2.05, 4.69) is 10.1 Å². The summed E-state index contributed by atoms with van der Waals surface area (Å²) in [6.07, 6.45) is 3.42. The van der Waals surface area contributed by atoms with Gasteiger partial charge < -0.3 is 0 Å². The van der Waals surface area contributed by atoms with Gasteiger partial charge in [-0.15, -0.1) is 0 Å². The fourth-order valence-electron chi connectivity index (χ4n) is 0.931. The van der Waals surface area contributed by atoms with Crippen molar-refractivity contribution in [3.05, 3.63) is 29.2 Å². The van der Waals surface area contributed by atoms with Crippen LogP contribution in [-0.4, -0.2) is 14.6 Å². The van der Waals surface area contributed by atoms with Crippen LogP contribution in [0.1, 0.15) is 5.69 Å². The third-order valence-corrected chi connectivity index (χ3v) is 1.73. The summed E-state index contributed by atoms with van der Waals surface area (Å²) in [5, 5.41) is 4.57. The zero-order valence-electron chi connectivity index (χ0n) is 5.95. The molecule has 11 heavy (non-hydrogen) atoms. The van der Waals surface area contributed by atoms with E-state index in [0.29, 0.717) is 10.7 Å². The van der Waals surface area contributed by atoms with Crippen LogP contribution < -0.4 is 0 Å². The normalized spacial score (nSPS) is 10.7. The highest BCUT2D eigenvalue weighted by Gasteiger charge is 2.00. The minimum Gasteiger partial charge on any atom is -0.233 e. The van der Waals surface area contributed by atoms with E-state index in [1.165, 1.54) is 0 Å². The quantitative estimate of drug-likeness (QED) is 0.598. The molecule has 0 aliphatic carbocycles. The van der Waals surface area contributed by atoms with E-state index in [1.54, 1.807) is 10.7 Å². The summed E-state index contributed by atoms with van der Waals surface area (Å²) in [5.41, 5.74) is 1.66. The average molecular weight is 168 g/mol. The molecular formula is C7H6ClN3. The van der Waals surface area contributed by atoms with Gasteiger partial charge in [0.05, 0.1) is 6.20 Å². The molecule has 0 bridgehead atoms. The molecule has 2 rings (SSSR count). The maximum absolute atomic E-state index is 5.80. The van der Waals surface area contributed by atoms with E-state index >= 15 is 0 Å². The van der Waals surface area contributed by atoms with E-state index < -0.39 is 0 Å². The molecule has 0 N–H and O–H groups in total. The standard InChI is InChI=1S/C7H6ClN3/c1-5-2-3-11-7(10-5)6(8)4-9-11/h2-4H,1H3. The van der Waals surface area contributed by atoms with Crippen LogP contribution in [0.5, 0.6) is 0 Å². The van der Waals surface area contributed by atoms with Crippen molar-refractivity contribution in [3.63, 3.8) is 0 Å². The Morgan fingerprint density at radius 1 is 1.55 bits per heavy atom. The summed E-state index contributed by atoms with van der Waals surface area (Å²) in [5.74, 6) is 0. The number of fused-ring (bicyclic) bond motifs is 1. The summed E-state index contributed by atoms with van der Waals surface area (Å²) in [7, 11) is 0. The van der Waals surface area contributed by atoms with Gasteiger partial charge in [0.15, 0.2) is 5.65 Å². The molecule has 0 aromatic carbocycles. The van der Waals surface area contributed by atoms with Crippen molar-refractivity contribution in [3.8, 4) is 0 Å². The highest BCUT2D eigenvalue weighted by molar-refractivity contribution is 6.33. The molecule has 0 unspecified atom stereocenters. The van der Waals surface area contributed by atoms with Crippen LogP contribution >= 0.6 is 11.6 Å². The van der Waals surface area contributed by atoms with E-state index in [9.17, 15) is 0 Å². The molecule has 0 spiro atoms. The average Bonchev–Trinajstić information content (AvgIpc) is 2.33. The van der Waals surface area contributed by atoms with Crippen LogP contribution in [0.3, 0.4) is 0 Å². The number of aromatic nitrogens is 3. The van der Waals surface area contributed by atoms with Crippen molar-refractivity contribution in [2.24, 2.45) is 0 Å². The molecule has 2 heterocycles. The lowest BCUT2D eigenvalue weighted by Gasteiger charge is -1.92. The molecule has 0 amide bonds. The Morgan fingerprint density at radius 2 is 2.36 bits per heavy atom. The second kappa shape index (κ2) is 2.20. The van der Waals surface area contributed by atoms with Crippen LogP contribution in [0.15, 0.2) is 18.5 Å². The van der Waals surface area contributed by atoms with Gasteiger partial charge in [0.2, 0.25) is 0 Å². The van der Waals surface area contributed by atoms with Crippen molar-refractivity contribution in [1.29, 1.82) is 0 Å². The molecule has 4 heteroatoms. The van der Waals surface area contributed by atoms with Gasteiger partial charge >= 0.3 is 0 Å². The smallest absolute Gasteiger partial charge is 0.173 e. The van der Waals surface area contributed by atoms with Crippen molar-refractivity contribution in [2.45, 2.75) is 6.92 Å². The van der Waals surface area contributed by atoms with Gasteiger partial charge in [-0.2, -0.15) is 5.10 Å². The molecular weight excluding hydrogens is 162 g/mol. The van der Waals surface area contributed by atoms with Crippen LogP contribution in [0.4, 0.5) is 0 Å². The molecule has 0 fully saturated rings. The highest BCUT2D eigenvalue weighted by Crippen LogP contribution is 2.13. The van der Waals surface area contributed by atoms with Gasteiger partial charge in [-0.3, -0.25) is 0 Å². The third-order valence-electron chi connectivity index (χ3n) is 1.47. The van der Waals surface area contributed by atoms with E-state index in [-0.39, 0.29) is 0 Å². The molecule has 0 radical (unpaired) electrons. The minimum atomic E-state index is 0.591. The van der Waals surface area contributed by atoms with Crippen LogP contribution in [0, 0.1) is 6.92 Å². The number of nitrogens with zero attached hydrogens (tertiary/aromatic N) is 3. The van der Waals surface area contributed by atoms with E-state index in [0.717, 1.165) is 5.69 Å². The third kappa shape index (κ3) is 0.973. The number of aryl methyl sites for hydroxylation is 1. The molecule has 0 saturated heterocycles. The Hall–Kier alpha value is -1.09. The van der Waals surface area contributed by atoms with Crippen LogP contribution in [0.2, 0.25) is 5.02 Å². The summed E-state index contributed by atoms with van der Waals surface area (Å²) < 4.78 is 1.65. The Labute approximate surface area is 68.6 Å². The maximum atomic E-state index is 5.80. The monoisotopic (exact) mass is 167 g/mol. The lowest BCUT2D eigenvalue weighted by Crippen LogP contribution is -1.90. The molecule has 0 saturated carbocycles. The zero-order chi connectivity index (χ0) is 7.84. The first-order valence-electron chi connectivity index (χ1n) is 3.24. The lowest BCUT2D eigenvalue weighted by atomic mass is 10.4. The van der Waals surface area contributed by atoms with E-state index in [1.807, 2.05) is 19.2 Å². The number of hydrogen-bond donors (Lipinski definition) is 0. The molecule has 0 aliphatic heterocycles. The molecule has 0 aliphatic rings. The molecule has 3 nitrogen and oxygen atoms in total. The first kappa shape index (κ1) is 6.61. The summed E-state index contributed by atoms with van der Waals surface area (Å²) >= 11 is 5.80. The Kier molecular flexibility index (Phi) is 1.32. The largest absolute Gasteiger partial charge is 0.233 e. The first-order chi connectivity index (χ1) is 5.27. The Bertz CT molecular complexity index is 393. The second-order valence-corrected chi connectivity index (χ2v) is 2.74. The highest BCUT2D eigenvalue weighted by atomic mass is 35.5. The predicted molar refractivity (Wildman–Crippen MR) is 42.7 cm³/mol. The van der Waals surface area contributed by atoms with Crippen molar-refractivity contribution < 1.29 is 0 Å². The summed E-state index contributed by atoms with van der Waals surface area (Å²) in [4.78, 5) is 4.20. The topological polar surface area (TPSA) is 30.2 Å². The number of halogens is 1. The Morgan fingerprint density at radius 3 is 3.18 bits per heavy atom. The maximum Gasteiger partial charge on any atom is 0.173 e. The van der Waals surface area contributed by atoms with Crippen molar-refractivity contribution >= 4 is 17.2 Å². The van der Waals surface area contributed by atoms with Gasteiger partial charge in [-0.05, 0) is 13.0 Å². The molecule has 0 atom stereocenters. The number of rotatable bonds is 0. The zero-order valence-corrected chi connectivity index (χ0v) is 6.71. The van der Waals surface area contributed by atoms with Gasteiger partial charge in [-0.1, -0.05) is 11.6 Å². The van der Waals surface area contributed by atoms with Gasteiger partial charge in [0.25, 0.3) is 0 Å². The van der Waals surface area contributed by atoms with Gasteiger partial charge in [0, 0.05) is 11.9 Å². The molecule has 2 aromatic rings. The summed E-state index contributed by atoms with van der Waals surface area (Å²) in [6.45, 7) is 1.92. The SMILES string of the molecule is Cc1ccn2ncc(Cl)c2n1. The van der Waals surface area contributed by atoms with Gasteiger partial charge in [0.1, 0.15) is 5.02 Å². The van der Waals surface area contributed by atoms with Crippen molar-refractivity contribution in [1.82, 2.24) is 14.6 Å². The Balaban J connectivity index is 2.87. The van der Waals surface area contributed by atoms with Crippen molar-refractivity contribution in [2.75, 3.05) is 0 Å². The second-order valence-electron chi connectivity index (χ2n) is 2.33. The minimum absolute atomic E-state index is 0.591. The predicted octanol–water partition coefficient (Wildman–Crippen LogP) is 1.69. The van der Waals surface area contributed by atoms with Crippen LogP contribution in [-0.2, 0) is 0 Å². The molecule has 56 valence electrons. The fourth-order valence-corrected chi connectivity index (χ4v) is 1.10. The summed E-state index contributed by atoms with van der Waals surface area (Å²) in [6, 6.07) is 1.89. The fraction of sp³-hybridized carbons (Fsp3) is 0.143. The first-order valence-corrected chi connectivity index (χ1v) is 3.61. The molecule has 2 aromatic heterocycles. The van der Waals surface area contributed by atoms with Crippen LogP contribution in [0.25, 0.3) is 5.65 Å². The number of hydrogen-bond acceptors (Lipinski definition) is 2.